The van der Waals surface area contributed by atoms with Crippen molar-refractivity contribution in [3.63, 3.8) is 0 Å². The Kier molecular flexibility index (Phi) is 6.11. The third-order valence-corrected chi connectivity index (χ3v) is 3.43. The smallest absolute Gasteiger partial charge is 0.254 e. The van der Waals surface area contributed by atoms with E-state index in [9.17, 15) is 14.0 Å². The number of anilines is 1. The number of hydrogen-bond acceptors (Lipinski definition) is 3. The molecule has 0 bridgehead atoms. The first-order valence-corrected chi connectivity index (χ1v) is 6.61. The van der Waals surface area contributed by atoms with Gasteiger partial charge in [0.1, 0.15) is 5.82 Å². The SMILES string of the molecule is CC(=O)Nc1cc(C(=O)N2CCCC2CN)ccc1F.Cl. The predicted octanol–water partition coefficient (Wildman–Crippen LogP) is 1.77. The quantitative estimate of drug-likeness (QED) is 0.892. The maximum atomic E-state index is 13.6. The highest BCUT2D eigenvalue weighted by atomic mass is 35.5. The molecule has 0 aromatic heterocycles. The van der Waals surface area contributed by atoms with Crippen molar-refractivity contribution in [1.29, 1.82) is 0 Å². The van der Waals surface area contributed by atoms with Crippen molar-refractivity contribution in [2.45, 2.75) is 25.8 Å². The van der Waals surface area contributed by atoms with E-state index in [2.05, 4.69) is 5.32 Å². The standard InChI is InChI=1S/C14H18FN3O2.ClH/c1-9(19)17-13-7-10(4-5-12(13)15)14(20)18-6-2-3-11(18)8-16;/h4-5,7,11H,2-3,6,8,16H2,1H3,(H,17,19);1H. The molecule has 0 saturated carbocycles. The number of carbonyl (C=O) groups excluding carboxylic acids is 2. The molecule has 7 heteroatoms. The summed E-state index contributed by atoms with van der Waals surface area (Å²) in [6.07, 6.45) is 1.81. The van der Waals surface area contributed by atoms with E-state index >= 15 is 0 Å². The lowest BCUT2D eigenvalue weighted by atomic mass is 10.1. The van der Waals surface area contributed by atoms with Gasteiger partial charge in [0.2, 0.25) is 5.91 Å². The number of halogens is 2. The summed E-state index contributed by atoms with van der Waals surface area (Å²) in [6, 6.07) is 4.02. The van der Waals surface area contributed by atoms with E-state index in [-0.39, 0.29) is 36.0 Å². The number of nitrogens with one attached hydrogen (secondary N) is 1. The zero-order valence-corrected chi connectivity index (χ0v) is 12.6. The van der Waals surface area contributed by atoms with Gasteiger partial charge >= 0.3 is 0 Å². The molecule has 1 aromatic carbocycles. The first-order valence-electron chi connectivity index (χ1n) is 6.61. The van der Waals surface area contributed by atoms with Crippen molar-refractivity contribution in [1.82, 2.24) is 4.90 Å². The number of likely N-dealkylation sites (tertiary alicyclic amines) is 1. The maximum Gasteiger partial charge on any atom is 0.254 e. The molecule has 1 aliphatic heterocycles. The summed E-state index contributed by atoms with van der Waals surface area (Å²) in [5, 5.41) is 2.37. The molecule has 2 rings (SSSR count). The van der Waals surface area contributed by atoms with Crippen molar-refractivity contribution in [3.8, 4) is 0 Å². The van der Waals surface area contributed by atoms with Gasteiger partial charge in [0.15, 0.2) is 0 Å². The third-order valence-electron chi connectivity index (χ3n) is 3.43. The van der Waals surface area contributed by atoms with Gasteiger partial charge in [0, 0.05) is 31.6 Å². The topological polar surface area (TPSA) is 75.4 Å². The monoisotopic (exact) mass is 315 g/mol. The summed E-state index contributed by atoms with van der Waals surface area (Å²) in [7, 11) is 0. The Morgan fingerprint density at radius 2 is 2.19 bits per heavy atom. The summed E-state index contributed by atoms with van der Waals surface area (Å²) in [6.45, 7) is 2.37. The number of rotatable bonds is 3. The van der Waals surface area contributed by atoms with Crippen molar-refractivity contribution in [2.24, 2.45) is 5.73 Å². The summed E-state index contributed by atoms with van der Waals surface area (Å²) >= 11 is 0. The molecule has 5 nitrogen and oxygen atoms in total. The van der Waals surface area contributed by atoms with Crippen molar-refractivity contribution in [3.05, 3.63) is 29.6 Å². The molecule has 1 aliphatic rings. The number of carbonyl (C=O) groups is 2. The summed E-state index contributed by atoms with van der Waals surface area (Å²) < 4.78 is 13.6. The second-order valence-electron chi connectivity index (χ2n) is 4.91. The van der Waals surface area contributed by atoms with Crippen LogP contribution < -0.4 is 11.1 Å². The number of nitrogens with zero attached hydrogens (tertiary/aromatic N) is 1. The molecule has 116 valence electrons. The average molecular weight is 316 g/mol. The van der Waals surface area contributed by atoms with Crippen molar-refractivity contribution in [2.75, 3.05) is 18.4 Å². The van der Waals surface area contributed by atoms with Gasteiger partial charge in [-0.15, -0.1) is 12.4 Å². The van der Waals surface area contributed by atoms with Gasteiger partial charge in [0.05, 0.1) is 5.69 Å². The molecule has 3 N–H and O–H groups in total. The van der Waals surface area contributed by atoms with Crippen LogP contribution in [-0.4, -0.2) is 35.8 Å². The third kappa shape index (κ3) is 3.92. The van der Waals surface area contributed by atoms with Crippen LogP contribution in [-0.2, 0) is 4.79 Å². The fourth-order valence-corrected chi connectivity index (χ4v) is 2.46. The summed E-state index contributed by atoms with van der Waals surface area (Å²) in [4.78, 5) is 25.1. The number of hydrogen-bond donors (Lipinski definition) is 2. The van der Waals surface area contributed by atoms with Crippen LogP contribution >= 0.6 is 12.4 Å². The molecule has 2 amide bonds. The second kappa shape index (κ2) is 7.38. The first kappa shape index (κ1) is 17.4. The highest BCUT2D eigenvalue weighted by molar-refractivity contribution is 5.97. The van der Waals surface area contributed by atoms with E-state index in [1.165, 1.54) is 25.1 Å². The molecular formula is C14H19ClFN3O2. The highest BCUT2D eigenvalue weighted by Crippen LogP contribution is 2.22. The average Bonchev–Trinajstić information content (AvgIpc) is 2.88. The molecule has 1 heterocycles. The van der Waals surface area contributed by atoms with Gasteiger partial charge in [-0.05, 0) is 31.0 Å². The minimum atomic E-state index is -0.562. The van der Waals surface area contributed by atoms with Gasteiger partial charge in [-0.25, -0.2) is 4.39 Å². The van der Waals surface area contributed by atoms with Crippen LogP contribution in [0.1, 0.15) is 30.1 Å². The molecule has 1 saturated heterocycles. The first-order chi connectivity index (χ1) is 9.52. The molecule has 0 aliphatic carbocycles. The Hall–Kier alpha value is -1.66. The molecule has 0 radical (unpaired) electrons. The zero-order valence-electron chi connectivity index (χ0n) is 11.8. The van der Waals surface area contributed by atoms with E-state index in [4.69, 9.17) is 5.73 Å². The maximum absolute atomic E-state index is 13.6. The van der Waals surface area contributed by atoms with Crippen molar-refractivity contribution >= 4 is 29.9 Å². The molecule has 1 aromatic rings. The lowest BCUT2D eigenvalue weighted by Crippen LogP contribution is -2.39. The lowest BCUT2D eigenvalue weighted by Gasteiger charge is -2.23. The Morgan fingerprint density at radius 1 is 1.48 bits per heavy atom. The minimum absolute atomic E-state index is 0. The lowest BCUT2D eigenvalue weighted by molar-refractivity contribution is -0.114. The summed E-state index contributed by atoms with van der Waals surface area (Å²) in [5.74, 6) is -1.12. The van der Waals surface area contributed by atoms with E-state index in [0.717, 1.165) is 12.8 Å². The molecule has 1 fully saturated rings. The summed E-state index contributed by atoms with van der Waals surface area (Å²) in [5.41, 5.74) is 6.03. The molecule has 21 heavy (non-hydrogen) atoms. The molecular weight excluding hydrogens is 297 g/mol. The Balaban J connectivity index is 0.00000220. The van der Waals surface area contributed by atoms with Gasteiger partial charge in [-0.3, -0.25) is 9.59 Å². The minimum Gasteiger partial charge on any atom is -0.334 e. The van der Waals surface area contributed by atoms with Crippen molar-refractivity contribution < 1.29 is 14.0 Å². The fraction of sp³-hybridized carbons (Fsp3) is 0.429. The van der Waals surface area contributed by atoms with E-state index in [0.29, 0.717) is 18.7 Å². The second-order valence-corrected chi connectivity index (χ2v) is 4.91. The molecule has 1 atom stereocenters. The van der Waals surface area contributed by atoms with Gasteiger partial charge in [0.25, 0.3) is 5.91 Å². The highest BCUT2D eigenvalue weighted by Gasteiger charge is 2.28. The largest absolute Gasteiger partial charge is 0.334 e. The van der Waals surface area contributed by atoms with Gasteiger partial charge in [-0.1, -0.05) is 0 Å². The normalized spacial score (nSPS) is 17.3. The fourth-order valence-electron chi connectivity index (χ4n) is 2.46. The van der Waals surface area contributed by atoms with Gasteiger partial charge in [-0.2, -0.15) is 0 Å². The van der Waals surface area contributed by atoms with Crippen LogP contribution in [0.3, 0.4) is 0 Å². The van der Waals surface area contributed by atoms with Crippen LogP contribution in [0.4, 0.5) is 10.1 Å². The van der Waals surface area contributed by atoms with Crippen LogP contribution in [0.15, 0.2) is 18.2 Å². The number of amides is 2. The van der Waals surface area contributed by atoms with Crippen LogP contribution in [0.2, 0.25) is 0 Å². The molecule has 1 unspecified atom stereocenters. The Morgan fingerprint density at radius 3 is 2.81 bits per heavy atom. The van der Waals surface area contributed by atoms with E-state index in [1.54, 1.807) is 4.90 Å². The Bertz CT molecular complexity index is 539. The van der Waals surface area contributed by atoms with Crippen LogP contribution in [0.5, 0.6) is 0 Å². The van der Waals surface area contributed by atoms with E-state index in [1.807, 2.05) is 0 Å². The predicted molar refractivity (Wildman–Crippen MR) is 81.1 cm³/mol. The number of nitrogens with two attached hydrogens (primary N) is 1. The van der Waals surface area contributed by atoms with Crippen LogP contribution in [0.25, 0.3) is 0 Å². The molecule has 0 spiro atoms. The Labute approximate surface area is 129 Å². The van der Waals surface area contributed by atoms with Gasteiger partial charge < -0.3 is 16.0 Å². The zero-order chi connectivity index (χ0) is 14.7. The number of benzene rings is 1. The van der Waals surface area contributed by atoms with E-state index < -0.39 is 5.82 Å². The van der Waals surface area contributed by atoms with Crippen LogP contribution in [0, 0.1) is 5.82 Å².